The zero-order chi connectivity index (χ0) is 13.1. The van der Waals surface area contributed by atoms with Crippen molar-refractivity contribution in [3.8, 4) is 0 Å². The van der Waals surface area contributed by atoms with Gasteiger partial charge in [-0.3, -0.25) is 0 Å². The molecule has 1 atom stereocenters. The maximum Gasteiger partial charge on any atom is 0.0910 e. The largest absolute Gasteiger partial charge is 0.300 e. The van der Waals surface area contributed by atoms with Crippen molar-refractivity contribution in [2.24, 2.45) is 11.8 Å². The third kappa shape index (κ3) is 3.55. The normalized spacial score (nSPS) is 27.8. The quantitative estimate of drug-likeness (QED) is 0.785. The first-order valence-corrected chi connectivity index (χ1v) is 8.92. The Kier molecular flexibility index (Phi) is 5.22. The van der Waals surface area contributed by atoms with Gasteiger partial charge in [-0.15, -0.1) is 0 Å². The van der Waals surface area contributed by atoms with Crippen LogP contribution in [0.5, 0.6) is 0 Å². The lowest BCUT2D eigenvalue weighted by atomic mass is 9.85. The van der Waals surface area contributed by atoms with Crippen LogP contribution >= 0.6 is 0 Å². The highest BCUT2D eigenvalue weighted by Crippen LogP contribution is 2.28. The maximum atomic E-state index is 11.4. The van der Waals surface area contributed by atoms with Crippen LogP contribution in [0.3, 0.4) is 0 Å². The minimum atomic E-state index is -0.769. The predicted octanol–water partition coefficient (Wildman–Crippen LogP) is 2.11. The summed E-state index contributed by atoms with van der Waals surface area (Å²) in [6, 6.07) is 0.748. The zero-order valence-corrected chi connectivity index (χ0v) is 12.9. The van der Waals surface area contributed by atoms with Gasteiger partial charge in [0.15, 0.2) is 0 Å². The summed E-state index contributed by atoms with van der Waals surface area (Å²) in [7, 11) is -0.769. The Hall–Kier alpha value is 0.0700. The van der Waals surface area contributed by atoms with Crippen molar-refractivity contribution in [2.75, 3.05) is 32.4 Å². The maximum absolute atomic E-state index is 11.4. The number of rotatable bonds is 3. The first kappa shape index (κ1) is 14.5. The van der Waals surface area contributed by atoms with Gasteiger partial charge in [-0.25, -0.2) is 8.51 Å². The van der Waals surface area contributed by atoms with Crippen LogP contribution in [0.25, 0.3) is 0 Å². The van der Waals surface area contributed by atoms with Gasteiger partial charge < -0.3 is 4.90 Å². The van der Waals surface area contributed by atoms with E-state index in [0.29, 0.717) is 0 Å². The van der Waals surface area contributed by atoms with E-state index in [4.69, 9.17) is 0 Å². The molecule has 2 saturated heterocycles. The van der Waals surface area contributed by atoms with E-state index in [1.54, 1.807) is 6.26 Å². The Morgan fingerprint density at radius 3 is 2.00 bits per heavy atom. The molecule has 1 unspecified atom stereocenters. The van der Waals surface area contributed by atoms with Gasteiger partial charge >= 0.3 is 0 Å². The lowest BCUT2D eigenvalue weighted by molar-refractivity contribution is 0.0864. The average Bonchev–Trinajstić information content (AvgIpc) is 2.39. The predicted molar refractivity (Wildman–Crippen MR) is 77.8 cm³/mol. The zero-order valence-electron chi connectivity index (χ0n) is 12.1. The van der Waals surface area contributed by atoms with Crippen LogP contribution < -0.4 is 0 Å². The van der Waals surface area contributed by atoms with Crippen LogP contribution in [0.15, 0.2) is 0 Å². The van der Waals surface area contributed by atoms with Crippen LogP contribution in [0, 0.1) is 11.8 Å². The molecule has 0 saturated carbocycles. The molecular formula is C14H28N2OS. The van der Waals surface area contributed by atoms with Gasteiger partial charge in [0.1, 0.15) is 0 Å². The van der Waals surface area contributed by atoms with Crippen molar-refractivity contribution in [3.63, 3.8) is 0 Å². The lowest BCUT2D eigenvalue weighted by Crippen LogP contribution is -2.48. The minimum absolute atomic E-state index is 0.748. The molecule has 0 bridgehead atoms. The van der Waals surface area contributed by atoms with Gasteiger partial charge in [0.2, 0.25) is 0 Å². The minimum Gasteiger partial charge on any atom is -0.300 e. The molecule has 4 heteroatoms. The summed E-state index contributed by atoms with van der Waals surface area (Å²) in [4.78, 5) is 2.69. The fraction of sp³-hybridized carbons (Fsp3) is 1.00. The fourth-order valence-electron chi connectivity index (χ4n) is 3.42. The number of nitrogens with zero attached hydrogens (tertiary/aromatic N) is 2. The molecule has 3 nitrogen and oxygen atoms in total. The van der Waals surface area contributed by atoms with E-state index in [0.717, 1.165) is 31.0 Å². The van der Waals surface area contributed by atoms with Crippen molar-refractivity contribution < 1.29 is 4.21 Å². The monoisotopic (exact) mass is 272 g/mol. The van der Waals surface area contributed by atoms with Crippen molar-refractivity contribution >= 4 is 11.0 Å². The summed E-state index contributed by atoms with van der Waals surface area (Å²) in [6.45, 7) is 9.30. The van der Waals surface area contributed by atoms with Gasteiger partial charge in [0.05, 0.1) is 11.0 Å². The molecule has 106 valence electrons. The van der Waals surface area contributed by atoms with Gasteiger partial charge in [0, 0.05) is 25.4 Å². The summed E-state index contributed by atoms with van der Waals surface area (Å²) < 4.78 is 13.5. The van der Waals surface area contributed by atoms with E-state index in [1.165, 1.54) is 38.8 Å². The highest BCUT2D eigenvalue weighted by atomic mass is 32.2. The van der Waals surface area contributed by atoms with Crippen molar-refractivity contribution in [2.45, 2.75) is 45.6 Å². The molecule has 2 rings (SSSR count). The van der Waals surface area contributed by atoms with E-state index in [9.17, 15) is 4.21 Å². The van der Waals surface area contributed by atoms with E-state index < -0.39 is 11.0 Å². The standard InChI is InChI=1S/C14H28N2OS/c1-12(2)13-4-8-15(9-5-13)14-6-10-16(11-7-14)18(3)17/h12-14H,4-11H2,1-3H3. The second-order valence-corrected chi connectivity index (χ2v) is 7.57. The van der Waals surface area contributed by atoms with Crippen LogP contribution in [-0.4, -0.2) is 51.9 Å². The first-order chi connectivity index (χ1) is 8.58. The van der Waals surface area contributed by atoms with E-state index in [-0.39, 0.29) is 0 Å². The number of likely N-dealkylation sites (tertiary alicyclic amines) is 1. The van der Waals surface area contributed by atoms with E-state index >= 15 is 0 Å². The molecule has 2 heterocycles. The van der Waals surface area contributed by atoms with Crippen molar-refractivity contribution in [1.82, 2.24) is 9.21 Å². The second-order valence-electron chi connectivity index (χ2n) is 6.20. The van der Waals surface area contributed by atoms with E-state index in [1.807, 2.05) is 0 Å². The SMILES string of the molecule is CC(C)C1CCN(C2CCN(S(C)=O)CC2)CC1. The van der Waals surface area contributed by atoms with Gasteiger partial charge in [-0.1, -0.05) is 13.8 Å². The molecule has 0 aromatic heterocycles. The number of hydrogen-bond donors (Lipinski definition) is 0. The molecule has 0 N–H and O–H groups in total. The molecule has 2 aliphatic heterocycles. The molecule has 0 radical (unpaired) electrons. The van der Waals surface area contributed by atoms with Gasteiger partial charge in [0.25, 0.3) is 0 Å². The molecule has 0 spiro atoms. The fourth-order valence-corrected chi connectivity index (χ4v) is 4.14. The van der Waals surface area contributed by atoms with Crippen LogP contribution in [0.4, 0.5) is 0 Å². The lowest BCUT2D eigenvalue weighted by Gasteiger charge is -2.42. The van der Waals surface area contributed by atoms with Crippen LogP contribution in [0.2, 0.25) is 0 Å². The summed E-state index contributed by atoms with van der Waals surface area (Å²) in [5.74, 6) is 1.78. The molecule has 0 amide bonds. The third-order valence-electron chi connectivity index (χ3n) is 4.82. The van der Waals surface area contributed by atoms with E-state index in [2.05, 4.69) is 23.1 Å². The Balaban J connectivity index is 1.76. The molecule has 0 aliphatic carbocycles. The van der Waals surface area contributed by atoms with Crippen molar-refractivity contribution in [3.05, 3.63) is 0 Å². The summed E-state index contributed by atoms with van der Waals surface area (Å²) in [6.07, 6.45) is 6.95. The molecule has 2 fully saturated rings. The Morgan fingerprint density at radius 2 is 1.56 bits per heavy atom. The highest BCUT2D eigenvalue weighted by Gasteiger charge is 2.29. The molecule has 2 aliphatic rings. The Bertz CT molecular complexity index is 280. The molecule has 0 aromatic rings. The second kappa shape index (κ2) is 6.49. The first-order valence-electron chi connectivity index (χ1n) is 7.40. The number of hydrogen-bond acceptors (Lipinski definition) is 2. The van der Waals surface area contributed by atoms with Gasteiger partial charge in [-0.05, 0) is 50.6 Å². The summed E-state index contributed by atoms with van der Waals surface area (Å²) in [5, 5.41) is 0. The smallest absolute Gasteiger partial charge is 0.0910 e. The molecule has 18 heavy (non-hydrogen) atoms. The molecule has 0 aromatic carbocycles. The van der Waals surface area contributed by atoms with Gasteiger partial charge in [-0.2, -0.15) is 0 Å². The highest BCUT2D eigenvalue weighted by molar-refractivity contribution is 7.81. The third-order valence-corrected chi connectivity index (χ3v) is 5.91. The topological polar surface area (TPSA) is 23.6 Å². The summed E-state index contributed by atoms with van der Waals surface area (Å²) in [5.41, 5.74) is 0. The summed E-state index contributed by atoms with van der Waals surface area (Å²) >= 11 is 0. The van der Waals surface area contributed by atoms with Crippen molar-refractivity contribution in [1.29, 1.82) is 0 Å². The molecular weight excluding hydrogens is 244 g/mol. The van der Waals surface area contributed by atoms with Crippen LogP contribution in [0.1, 0.15) is 39.5 Å². The van der Waals surface area contributed by atoms with Crippen LogP contribution in [-0.2, 0) is 11.0 Å². The Labute approximate surface area is 115 Å². The number of piperidine rings is 2. The Morgan fingerprint density at radius 1 is 1.00 bits per heavy atom. The average molecular weight is 272 g/mol.